The lowest BCUT2D eigenvalue weighted by molar-refractivity contribution is -0.0393. The number of hydrogen-bond donors (Lipinski definition) is 1. The predicted octanol–water partition coefficient (Wildman–Crippen LogP) is 5.18. The summed E-state index contributed by atoms with van der Waals surface area (Å²) in [6.07, 6.45) is 6.69. The topological polar surface area (TPSA) is 108 Å². The van der Waals surface area contributed by atoms with E-state index < -0.39 is 21.8 Å². The second-order valence-corrected chi connectivity index (χ2v) is 10.9. The molecule has 1 aromatic carbocycles. The van der Waals surface area contributed by atoms with Gasteiger partial charge in [-0.05, 0) is 43.5 Å². The number of fused-ring (bicyclic) bond motifs is 1. The fraction of sp³-hybridized carbons (Fsp3) is 0.320. The van der Waals surface area contributed by atoms with Crippen LogP contribution >= 0.6 is 11.6 Å². The quantitative estimate of drug-likeness (QED) is 0.177. The summed E-state index contributed by atoms with van der Waals surface area (Å²) < 4.78 is 63.4. The highest BCUT2D eigenvalue weighted by atomic mass is 35.5. The van der Waals surface area contributed by atoms with Gasteiger partial charge in [0.2, 0.25) is 0 Å². The van der Waals surface area contributed by atoms with Gasteiger partial charge in [0.05, 0.1) is 46.5 Å². The first-order valence-corrected chi connectivity index (χ1v) is 14.1. The summed E-state index contributed by atoms with van der Waals surface area (Å²) in [5.74, 6) is -1.66. The van der Waals surface area contributed by atoms with Crippen molar-refractivity contribution in [3.8, 4) is 22.5 Å². The third-order valence-electron chi connectivity index (χ3n) is 5.99. The van der Waals surface area contributed by atoms with Crippen LogP contribution in [-0.4, -0.2) is 54.2 Å². The van der Waals surface area contributed by atoms with Crippen LogP contribution in [0.4, 0.5) is 14.5 Å². The van der Waals surface area contributed by atoms with E-state index in [-0.39, 0.29) is 35.7 Å². The molecule has 1 saturated heterocycles. The van der Waals surface area contributed by atoms with Crippen molar-refractivity contribution in [3.05, 3.63) is 59.4 Å². The van der Waals surface area contributed by atoms with Crippen molar-refractivity contribution in [1.82, 2.24) is 19.7 Å². The van der Waals surface area contributed by atoms with Crippen molar-refractivity contribution in [3.63, 3.8) is 0 Å². The van der Waals surface area contributed by atoms with E-state index in [1.807, 2.05) is 0 Å². The number of nitrogens with one attached hydrogen (secondary N) is 1. The van der Waals surface area contributed by atoms with Crippen molar-refractivity contribution in [2.75, 3.05) is 31.3 Å². The van der Waals surface area contributed by atoms with Gasteiger partial charge in [-0.3, -0.25) is 9.17 Å². The molecule has 0 aliphatic carbocycles. The van der Waals surface area contributed by atoms with E-state index in [9.17, 15) is 17.2 Å². The molecule has 3 aromatic heterocycles. The van der Waals surface area contributed by atoms with Gasteiger partial charge in [-0.15, -0.1) is 0 Å². The third kappa shape index (κ3) is 5.93. The van der Waals surface area contributed by atoms with E-state index in [0.717, 1.165) is 31.6 Å². The average molecular weight is 564 g/mol. The van der Waals surface area contributed by atoms with E-state index in [1.165, 1.54) is 6.07 Å². The Morgan fingerprint density at radius 2 is 2.00 bits per heavy atom. The maximum Gasteiger partial charge on any atom is 0.264 e. The van der Waals surface area contributed by atoms with Gasteiger partial charge in [-0.25, -0.2) is 18.4 Å². The number of pyridine rings is 2. The van der Waals surface area contributed by atoms with Gasteiger partial charge >= 0.3 is 0 Å². The Balaban J connectivity index is 1.52. The lowest BCUT2D eigenvalue weighted by Crippen LogP contribution is -2.18. The second kappa shape index (κ2) is 10.9. The number of ether oxygens (including phenoxy) is 1. The highest BCUT2D eigenvalue weighted by Gasteiger charge is 2.24. The van der Waals surface area contributed by atoms with Gasteiger partial charge in [0.1, 0.15) is 23.6 Å². The van der Waals surface area contributed by atoms with Crippen molar-refractivity contribution >= 4 is 38.4 Å². The highest BCUT2D eigenvalue weighted by Crippen LogP contribution is 2.36. The van der Waals surface area contributed by atoms with E-state index in [2.05, 4.69) is 15.4 Å². The predicted molar refractivity (Wildman–Crippen MR) is 139 cm³/mol. The number of hydrogen-bond acceptors (Lipinski definition) is 8. The van der Waals surface area contributed by atoms with Crippen LogP contribution in [0.3, 0.4) is 0 Å². The summed E-state index contributed by atoms with van der Waals surface area (Å²) >= 11 is 5.99. The molecule has 0 bridgehead atoms. The lowest BCUT2D eigenvalue weighted by atomic mass is 10.0. The number of anilines is 1. The second-order valence-electron chi connectivity index (χ2n) is 8.85. The largest absolute Gasteiger partial charge is 0.381 e. The summed E-state index contributed by atoms with van der Waals surface area (Å²) in [5, 5.41) is 7.45. The van der Waals surface area contributed by atoms with Crippen molar-refractivity contribution in [2.45, 2.75) is 25.5 Å². The zero-order chi connectivity index (χ0) is 26.9. The Morgan fingerprint density at radius 1 is 1.16 bits per heavy atom. The van der Waals surface area contributed by atoms with Gasteiger partial charge < -0.3 is 10.1 Å². The van der Waals surface area contributed by atoms with Crippen molar-refractivity contribution in [1.29, 1.82) is 0 Å². The zero-order valence-corrected chi connectivity index (χ0v) is 21.9. The molecule has 1 unspecified atom stereocenters. The Labute approximate surface area is 222 Å². The average Bonchev–Trinajstić information content (AvgIpc) is 3.33. The molecule has 4 heterocycles. The number of aromatic nitrogens is 4. The molecular formula is C25H24ClF2N5O4S. The van der Waals surface area contributed by atoms with Crippen LogP contribution in [0.15, 0.2) is 42.7 Å². The smallest absolute Gasteiger partial charge is 0.264 e. The number of benzene rings is 1. The van der Waals surface area contributed by atoms with E-state index in [0.29, 0.717) is 34.6 Å². The van der Waals surface area contributed by atoms with Crippen LogP contribution in [0.5, 0.6) is 0 Å². The molecule has 1 aliphatic heterocycles. The molecule has 38 heavy (non-hydrogen) atoms. The van der Waals surface area contributed by atoms with Crippen molar-refractivity contribution in [2.24, 2.45) is 0 Å². The number of halogens is 3. The fourth-order valence-corrected chi connectivity index (χ4v) is 4.75. The first kappa shape index (κ1) is 26.4. The van der Waals surface area contributed by atoms with E-state index in [4.69, 9.17) is 25.5 Å². The normalized spacial score (nSPS) is 16.2. The first-order chi connectivity index (χ1) is 18.2. The molecule has 4 aromatic rings. The molecular weight excluding hydrogens is 540 g/mol. The molecule has 13 heteroatoms. The molecule has 0 saturated carbocycles. The maximum absolute atomic E-state index is 14.9. The lowest BCUT2D eigenvalue weighted by Gasteiger charge is -2.22. The Bertz CT molecular complexity index is 1590. The molecule has 200 valence electrons. The first-order valence-electron chi connectivity index (χ1n) is 11.9. The van der Waals surface area contributed by atoms with Crippen LogP contribution in [0, 0.1) is 11.6 Å². The van der Waals surface area contributed by atoms with Gasteiger partial charge in [0, 0.05) is 36.5 Å². The highest BCUT2D eigenvalue weighted by molar-refractivity contribution is 7.85. The minimum Gasteiger partial charge on any atom is -0.381 e. The summed E-state index contributed by atoms with van der Waals surface area (Å²) in [5.41, 5.74) is 3.08. The van der Waals surface area contributed by atoms with Crippen LogP contribution in [-0.2, 0) is 19.0 Å². The van der Waals surface area contributed by atoms with E-state index in [1.54, 1.807) is 35.3 Å². The minimum absolute atomic E-state index is 0.0398. The standard InChI is InChI=1S/C25H24ClF2N5O4S/c1-38(34,35)37-9-7-29-15-10-23-22(30-13-15)6-5-21(31-23)17-14-33(24-4-2-3-8-36-24)32-25(17)16-11-18(26)20(28)12-19(16)27/h5-6,10-14,24,29H,2-4,7-9H2,1H3. The Kier molecular flexibility index (Phi) is 7.57. The maximum atomic E-state index is 14.9. The summed E-state index contributed by atoms with van der Waals surface area (Å²) in [7, 11) is -3.53. The summed E-state index contributed by atoms with van der Waals surface area (Å²) in [6.45, 7) is 0.793. The third-order valence-corrected chi connectivity index (χ3v) is 6.87. The Hall–Kier alpha value is -3.19. The van der Waals surface area contributed by atoms with Crippen LogP contribution < -0.4 is 5.32 Å². The number of nitrogens with zero attached hydrogens (tertiary/aromatic N) is 4. The van der Waals surface area contributed by atoms with Crippen LogP contribution in [0.1, 0.15) is 25.5 Å². The van der Waals surface area contributed by atoms with Crippen molar-refractivity contribution < 1.29 is 26.1 Å². The molecule has 0 spiro atoms. The molecule has 1 N–H and O–H groups in total. The van der Waals surface area contributed by atoms with Crippen LogP contribution in [0.2, 0.25) is 5.02 Å². The molecule has 1 fully saturated rings. The summed E-state index contributed by atoms with van der Waals surface area (Å²) in [6, 6.07) is 7.24. The summed E-state index contributed by atoms with van der Waals surface area (Å²) in [4.78, 5) is 9.13. The van der Waals surface area contributed by atoms with Gasteiger partial charge in [-0.2, -0.15) is 13.5 Å². The van der Waals surface area contributed by atoms with Gasteiger partial charge in [-0.1, -0.05) is 11.6 Å². The van der Waals surface area contributed by atoms with Crippen LogP contribution in [0.25, 0.3) is 33.5 Å². The molecule has 9 nitrogen and oxygen atoms in total. The fourth-order valence-electron chi connectivity index (χ4n) is 4.20. The van der Waals surface area contributed by atoms with Gasteiger partial charge in [0.15, 0.2) is 0 Å². The molecule has 1 atom stereocenters. The molecule has 5 rings (SSSR count). The monoisotopic (exact) mass is 563 g/mol. The molecule has 1 aliphatic rings. The van der Waals surface area contributed by atoms with Gasteiger partial charge in [0.25, 0.3) is 10.1 Å². The molecule has 0 amide bonds. The zero-order valence-electron chi connectivity index (χ0n) is 20.3. The van der Waals surface area contributed by atoms with E-state index >= 15 is 0 Å². The number of rotatable bonds is 8. The molecule has 0 radical (unpaired) electrons. The Morgan fingerprint density at radius 3 is 2.76 bits per heavy atom. The minimum atomic E-state index is -3.53. The SMILES string of the molecule is CS(=O)(=O)OCCNc1cnc2ccc(-c3cn(C4CCCCO4)nc3-c3cc(Cl)c(F)cc3F)nc2c1.